The van der Waals surface area contributed by atoms with Gasteiger partial charge in [0.25, 0.3) is 5.88 Å². The van der Waals surface area contributed by atoms with Crippen LogP contribution in [-0.2, 0) is 16.1 Å². The van der Waals surface area contributed by atoms with Crippen molar-refractivity contribution in [2.75, 3.05) is 0 Å². The van der Waals surface area contributed by atoms with Crippen molar-refractivity contribution in [1.29, 1.82) is 0 Å². The van der Waals surface area contributed by atoms with Crippen molar-refractivity contribution in [3.05, 3.63) is 54.6 Å². The van der Waals surface area contributed by atoms with Gasteiger partial charge in [0.05, 0.1) is 30.8 Å². The molecule has 0 fully saturated rings. The molecule has 15 heteroatoms. The minimum Gasteiger partial charge on any atom is -0.481 e. The number of carboxylic acid groups (broad SMARTS) is 1. The number of hydrogen-bond donors (Lipinski definition) is 2. The average molecular weight is 543 g/mol. The largest absolute Gasteiger partial charge is 0.481 e. The Morgan fingerprint density at radius 3 is 2.59 bits per heavy atom. The predicted molar refractivity (Wildman–Crippen MR) is 128 cm³/mol. The van der Waals surface area contributed by atoms with Gasteiger partial charge in [-0.05, 0) is 44.2 Å². The molecule has 39 heavy (non-hydrogen) atoms. The fourth-order valence-electron chi connectivity index (χ4n) is 3.33. The fraction of sp³-hybridized carbons (Fsp3) is 0.292. The molecule has 3 heterocycles. The van der Waals surface area contributed by atoms with Gasteiger partial charge in [-0.15, -0.1) is 10.2 Å². The third-order valence-electron chi connectivity index (χ3n) is 4.95. The van der Waals surface area contributed by atoms with Gasteiger partial charge in [-0.2, -0.15) is 4.80 Å². The number of benzene rings is 1. The van der Waals surface area contributed by atoms with Gasteiger partial charge in [0, 0.05) is 23.4 Å². The highest BCUT2D eigenvalue weighted by Gasteiger charge is 2.23. The molecule has 3 aromatic heterocycles. The standard InChI is InChI=1S/C24H23F2N7O6/c1-24(2,3)39-23(36)29-15(7-20(34)35)11-33-31-21(30-32-33)17-5-4-16(8-18(17)25)38-22-19(26)6-13(9-27-22)14-10-28-37-12-14/h4-6,8-10,12,15H,7,11H2,1-3H3,(H,29,36)(H,34,35). The first kappa shape index (κ1) is 27.1. The van der Waals surface area contributed by atoms with Gasteiger partial charge in [-0.25, -0.2) is 18.6 Å². The number of ether oxygens (including phenoxy) is 2. The molecule has 0 aliphatic rings. The van der Waals surface area contributed by atoms with E-state index in [0.29, 0.717) is 11.1 Å². The summed E-state index contributed by atoms with van der Waals surface area (Å²) >= 11 is 0. The number of hydrogen-bond acceptors (Lipinski definition) is 10. The lowest BCUT2D eigenvalue weighted by molar-refractivity contribution is -0.137. The summed E-state index contributed by atoms with van der Waals surface area (Å²) in [6.45, 7) is 4.83. The Morgan fingerprint density at radius 2 is 1.95 bits per heavy atom. The first-order valence-electron chi connectivity index (χ1n) is 11.5. The number of halogens is 2. The quantitative estimate of drug-likeness (QED) is 0.315. The van der Waals surface area contributed by atoms with E-state index in [-0.39, 0.29) is 29.6 Å². The number of amides is 1. The Balaban J connectivity index is 1.45. The normalized spacial score (nSPS) is 12.1. The van der Waals surface area contributed by atoms with E-state index in [0.717, 1.165) is 10.9 Å². The SMILES string of the molecule is CC(C)(C)OC(=O)NC(CC(=O)O)Cn1nnc(-c2ccc(Oc3ncc(-c4cnoc4)cc3F)cc2F)n1. The van der Waals surface area contributed by atoms with Crippen LogP contribution in [0, 0.1) is 11.6 Å². The number of rotatable bonds is 9. The number of tetrazole rings is 1. The fourth-order valence-corrected chi connectivity index (χ4v) is 3.33. The van der Waals surface area contributed by atoms with E-state index in [1.54, 1.807) is 20.8 Å². The van der Waals surface area contributed by atoms with Gasteiger partial charge >= 0.3 is 12.1 Å². The van der Waals surface area contributed by atoms with Crippen LogP contribution in [0.25, 0.3) is 22.5 Å². The predicted octanol–water partition coefficient (Wildman–Crippen LogP) is 3.83. The number of carbonyl (C=O) groups is 2. The first-order valence-corrected chi connectivity index (χ1v) is 11.5. The Labute approximate surface area is 219 Å². The Hall–Kier alpha value is -4.95. The second-order valence-electron chi connectivity index (χ2n) is 9.28. The molecule has 0 radical (unpaired) electrons. The summed E-state index contributed by atoms with van der Waals surface area (Å²) in [6.07, 6.45) is 2.83. The maximum absolute atomic E-state index is 14.9. The van der Waals surface area contributed by atoms with Crippen LogP contribution >= 0.6 is 0 Å². The van der Waals surface area contributed by atoms with Crippen LogP contribution in [0.1, 0.15) is 27.2 Å². The molecule has 1 atom stereocenters. The molecule has 0 aliphatic carbocycles. The lowest BCUT2D eigenvalue weighted by atomic mass is 10.2. The van der Waals surface area contributed by atoms with Gasteiger partial charge in [0.2, 0.25) is 5.82 Å². The topological polar surface area (TPSA) is 167 Å². The maximum Gasteiger partial charge on any atom is 0.407 e. The van der Waals surface area contributed by atoms with E-state index in [9.17, 15) is 23.5 Å². The first-order chi connectivity index (χ1) is 18.5. The van der Waals surface area contributed by atoms with Crippen molar-refractivity contribution in [2.24, 2.45) is 0 Å². The van der Waals surface area contributed by atoms with Crippen LogP contribution in [0.3, 0.4) is 0 Å². The van der Waals surface area contributed by atoms with Gasteiger partial charge in [-0.1, -0.05) is 5.16 Å². The van der Waals surface area contributed by atoms with Gasteiger partial charge in [0.15, 0.2) is 5.82 Å². The molecule has 2 N–H and O–H groups in total. The molecule has 4 rings (SSSR count). The molecule has 1 aromatic carbocycles. The zero-order valence-electron chi connectivity index (χ0n) is 21.0. The molecular formula is C24H23F2N7O6. The van der Waals surface area contributed by atoms with Gasteiger partial charge in [-0.3, -0.25) is 4.79 Å². The zero-order chi connectivity index (χ0) is 28.2. The van der Waals surface area contributed by atoms with Gasteiger partial charge < -0.3 is 24.4 Å². The lowest BCUT2D eigenvalue weighted by Crippen LogP contribution is -2.42. The summed E-state index contributed by atoms with van der Waals surface area (Å²) in [4.78, 5) is 28.3. The smallest absolute Gasteiger partial charge is 0.407 e. The molecule has 0 bridgehead atoms. The number of carboxylic acids is 1. The minimum atomic E-state index is -1.17. The highest BCUT2D eigenvalue weighted by molar-refractivity contribution is 5.71. The van der Waals surface area contributed by atoms with E-state index in [1.807, 2.05) is 0 Å². The minimum absolute atomic E-state index is 0.0316. The number of alkyl carbamates (subject to hydrolysis) is 1. The zero-order valence-corrected chi connectivity index (χ0v) is 21.0. The van der Waals surface area contributed by atoms with Crippen LogP contribution in [0.5, 0.6) is 11.6 Å². The molecule has 1 amide bonds. The molecular weight excluding hydrogens is 520 g/mol. The van der Waals surface area contributed by atoms with E-state index in [2.05, 4.69) is 30.9 Å². The van der Waals surface area contributed by atoms with Crippen molar-refractivity contribution in [2.45, 2.75) is 45.4 Å². The molecule has 13 nitrogen and oxygen atoms in total. The number of aliphatic carboxylic acids is 1. The number of aromatic nitrogens is 6. The van der Waals surface area contributed by atoms with Crippen LogP contribution in [-0.4, -0.2) is 59.2 Å². The van der Waals surface area contributed by atoms with Gasteiger partial charge in [0.1, 0.15) is 23.4 Å². The Bertz CT molecular complexity index is 1470. The van der Waals surface area contributed by atoms with E-state index < -0.39 is 41.8 Å². The third kappa shape index (κ3) is 7.30. The van der Waals surface area contributed by atoms with Crippen LogP contribution < -0.4 is 10.1 Å². The van der Waals surface area contributed by atoms with Crippen molar-refractivity contribution in [3.63, 3.8) is 0 Å². The summed E-state index contributed by atoms with van der Waals surface area (Å²) in [5, 5.41) is 26.9. The molecule has 0 saturated heterocycles. The number of pyridine rings is 1. The molecule has 0 saturated carbocycles. The number of nitrogens with one attached hydrogen (secondary N) is 1. The van der Waals surface area contributed by atoms with E-state index in [1.165, 1.54) is 36.9 Å². The number of nitrogens with zero attached hydrogens (tertiary/aromatic N) is 6. The maximum atomic E-state index is 14.9. The van der Waals surface area contributed by atoms with E-state index in [4.69, 9.17) is 14.0 Å². The summed E-state index contributed by atoms with van der Waals surface area (Å²) < 4.78 is 44.6. The Morgan fingerprint density at radius 1 is 1.15 bits per heavy atom. The number of carbonyl (C=O) groups excluding carboxylic acids is 1. The summed E-state index contributed by atoms with van der Waals surface area (Å²) in [7, 11) is 0. The second kappa shape index (κ2) is 11.2. The van der Waals surface area contributed by atoms with Crippen LogP contribution in [0.2, 0.25) is 0 Å². The highest BCUT2D eigenvalue weighted by atomic mass is 19.1. The summed E-state index contributed by atoms with van der Waals surface area (Å²) in [6, 6.07) is 3.92. The molecule has 1 unspecified atom stereocenters. The third-order valence-corrected chi connectivity index (χ3v) is 4.95. The Kier molecular flexibility index (Phi) is 7.78. The lowest BCUT2D eigenvalue weighted by Gasteiger charge is -2.22. The highest BCUT2D eigenvalue weighted by Crippen LogP contribution is 2.29. The molecule has 0 aliphatic heterocycles. The second-order valence-corrected chi connectivity index (χ2v) is 9.28. The van der Waals surface area contributed by atoms with Crippen molar-refractivity contribution in [3.8, 4) is 34.1 Å². The van der Waals surface area contributed by atoms with Crippen molar-refractivity contribution in [1.82, 2.24) is 35.7 Å². The van der Waals surface area contributed by atoms with Crippen LogP contribution in [0.15, 0.2) is 47.4 Å². The van der Waals surface area contributed by atoms with Crippen LogP contribution in [0.4, 0.5) is 13.6 Å². The summed E-state index contributed by atoms with van der Waals surface area (Å²) in [5.41, 5.74) is 0.120. The molecule has 4 aromatic rings. The van der Waals surface area contributed by atoms with E-state index >= 15 is 0 Å². The monoisotopic (exact) mass is 543 g/mol. The van der Waals surface area contributed by atoms with Crippen molar-refractivity contribution >= 4 is 12.1 Å². The molecule has 0 spiro atoms. The summed E-state index contributed by atoms with van der Waals surface area (Å²) in [5.74, 6) is -3.24. The molecule has 204 valence electrons. The average Bonchev–Trinajstić information content (AvgIpc) is 3.51. The van der Waals surface area contributed by atoms with Crippen molar-refractivity contribution < 1.29 is 37.5 Å².